The van der Waals surface area contributed by atoms with Crippen molar-refractivity contribution in [3.63, 3.8) is 0 Å². The summed E-state index contributed by atoms with van der Waals surface area (Å²) in [6.07, 6.45) is 25.0. The van der Waals surface area contributed by atoms with Gasteiger partial charge in [0, 0.05) is 59.1 Å². The highest BCUT2D eigenvalue weighted by Crippen LogP contribution is 2.48. The van der Waals surface area contributed by atoms with E-state index in [2.05, 4.69) is 217 Å². The summed E-state index contributed by atoms with van der Waals surface area (Å²) in [4.78, 5) is 24.2. The van der Waals surface area contributed by atoms with Crippen LogP contribution in [0.5, 0.6) is 23.0 Å². The van der Waals surface area contributed by atoms with Gasteiger partial charge in [-0.1, -0.05) is 97.1 Å². The molecule has 12 heteroatoms. The molecule has 12 aromatic rings. The molecule has 0 unspecified atom stereocenters. The van der Waals surface area contributed by atoms with E-state index in [1.807, 2.05) is 48.8 Å². The number of hydrogen-bond donors (Lipinski definition) is 0. The number of anilines is 2. The Hall–Kier alpha value is -9.42. The van der Waals surface area contributed by atoms with Gasteiger partial charge < -0.3 is 19.3 Å². The summed E-state index contributed by atoms with van der Waals surface area (Å²) < 4.78 is 21.8. The lowest BCUT2D eigenvalue weighted by Gasteiger charge is -2.55. The van der Waals surface area contributed by atoms with E-state index in [0.29, 0.717) is 34.4 Å². The molecular formula is C72H68N10O2. The molecule has 0 radical (unpaired) electrons. The number of piperidine rings is 2. The molecule has 8 heterocycles. The first-order valence-electron chi connectivity index (χ1n) is 29.3. The number of benzene rings is 6. The maximum atomic E-state index is 6.59. The average molecular weight is 1110 g/mol. The van der Waals surface area contributed by atoms with Gasteiger partial charge in [0.2, 0.25) is 0 Å². The Kier molecular flexibility index (Phi) is 12.6. The van der Waals surface area contributed by atoms with E-state index in [0.717, 1.165) is 70.5 Å². The summed E-state index contributed by atoms with van der Waals surface area (Å²) in [6.45, 7) is 19.0. The minimum absolute atomic E-state index is 0.0593. The van der Waals surface area contributed by atoms with Gasteiger partial charge in [-0.3, -0.25) is 38.2 Å². The van der Waals surface area contributed by atoms with Crippen LogP contribution in [0.4, 0.5) is 11.4 Å². The Morgan fingerprint density at radius 3 is 1.14 bits per heavy atom. The molecule has 2 aliphatic heterocycles. The molecule has 2 saturated heterocycles. The van der Waals surface area contributed by atoms with Crippen LogP contribution in [0, 0.1) is 12.7 Å². The average Bonchev–Trinajstić information content (AvgIpc) is 2.91. The Morgan fingerprint density at radius 1 is 0.393 bits per heavy atom. The van der Waals surface area contributed by atoms with Crippen molar-refractivity contribution in [2.75, 3.05) is 9.80 Å². The molecule has 14 rings (SSSR count). The third kappa shape index (κ3) is 9.43. The fraction of sp³-hybridized carbons (Fsp3) is 0.250. The van der Waals surface area contributed by atoms with Crippen molar-refractivity contribution in [2.45, 2.75) is 116 Å². The van der Waals surface area contributed by atoms with Crippen LogP contribution < -0.4 is 28.4 Å². The van der Waals surface area contributed by atoms with Crippen molar-refractivity contribution in [1.82, 2.24) is 29.1 Å². The molecule has 418 valence electrons. The summed E-state index contributed by atoms with van der Waals surface area (Å²) in [5, 5.41) is 4.78. The zero-order valence-corrected chi connectivity index (χ0v) is 49.0. The molecule has 0 amide bonds. The molecule has 2 fully saturated rings. The Balaban J connectivity index is 0.749. The zero-order chi connectivity index (χ0) is 57.5. The Bertz CT molecular complexity index is 4200. The smallest absolute Gasteiger partial charge is 0.269 e. The van der Waals surface area contributed by atoms with Gasteiger partial charge in [-0.05, 0) is 164 Å². The van der Waals surface area contributed by atoms with Gasteiger partial charge >= 0.3 is 0 Å². The highest BCUT2D eigenvalue weighted by atomic mass is 16.5. The molecule has 0 saturated carbocycles. The van der Waals surface area contributed by atoms with Crippen molar-refractivity contribution in [3.8, 4) is 57.1 Å². The first-order valence-corrected chi connectivity index (χ1v) is 29.3. The van der Waals surface area contributed by atoms with E-state index < -0.39 is 0 Å². The van der Waals surface area contributed by atoms with Crippen LogP contribution in [0.1, 0.15) is 93.9 Å². The second kappa shape index (κ2) is 20.2. The van der Waals surface area contributed by atoms with Gasteiger partial charge in [0.1, 0.15) is 23.0 Å². The fourth-order valence-electron chi connectivity index (χ4n) is 14.0. The predicted octanol–water partition coefficient (Wildman–Crippen LogP) is 16.0. The van der Waals surface area contributed by atoms with Gasteiger partial charge in [0.15, 0.2) is 0 Å². The second-order valence-corrected chi connectivity index (χ2v) is 25.2. The van der Waals surface area contributed by atoms with E-state index in [1.165, 1.54) is 45.8 Å². The maximum Gasteiger partial charge on any atom is 0.269 e. The normalized spacial score (nSPS) is 16.4. The topological polar surface area (TPSA) is 94.1 Å². The maximum absolute atomic E-state index is 6.59. The van der Waals surface area contributed by atoms with Gasteiger partial charge in [0.25, 0.3) is 12.7 Å². The number of rotatable bonds is 11. The van der Waals surface area contributed by atoms with Crippen LogP contribution in [0.3, 0.4) is 0 Å². The van der Waals surface area contributed by atoms with Crippen molar-refractivity contribution >= 4 is 55.0 Å². The minimum Gasteiger partial charge on any atom is -0.456 e. The SMILES string of the molecule is CC1(C)CCCC(C)(C)N1c1cc2ccccc2cc1-n1[c-][n+](-c2cncc(Oc3ccnc(-c4cc(Oc5cncc(-[n+]6[c-]n(-c7cc8ccccc8cc7N7C(C)(C)CCCC7(C)C)c7ccccc76)c5)ccn4)c3)c2)c2ccccc21. The quantitative estimate of drug-likeness (QED) is 0.0934. The first kappa shape index (κ1) is 52.6. The number of pyridine rings is 4. The number of fused-ring (bicyclic) bond motifs is 4. The zero-order valence-electron chi connectivity index (χ0n) is 49.0. The Morgan fingerprint density at radius 2 is 0.750 bits per heavy atom. The second-order valence-electron chi connectivity index (χ2n) is 25.2. The molecule has 6 aromatic heterocycles. The van der Waals surface area contributed by atoms with E-state index in [9.17, 15) is 0 Å². The van der Waals surface area contributed by atoms with Crippen LogP contribution in [0.2, 0.25) is 0 Å². The van der Waals surface area contributed by atoms with Crippen LogP contribution in [0.25, 0.3) is 77.7 Å². The lowest BCUT2D eigenvalue weighted by atomic mass is 9.79. The van der Waals surface area contributed by atoms with Crippen LogP contribution in [-0.4, -0.2) is 51.2 Å². The van der Waals surface area contributed by atoms with Gasteiger partial charge in [-0.15, -0.1) is 0 Å². The molecule has 0 N–H and O–H groups in total. The fourth-order valence-corrected chi connectivity index (χ4v) is 14.0. The number of ether oxygens (including phenoxy) is 2. The highest BCUT2D eigenvalue weighted by Gasteiger charge is 2.44. The van der Waals surface area contributed by atoms with Crippen LogP contribution >= 0.6 is 0 Å². The molecule has 12 nitrogen and oxygen atoms in total. The number of para-hydroxylation sites is 4. The molecule has 0 atom stereocenters. The number of imidazole rings is 2. The van der Waals surface area contributed by atoms with Gasteiger partial charge in [-0.2, -0.15) is 0 Å². The number of aromatic nitrogens is 8. The van der Waals surface area contributed by atoms with Crippen LogP contribution in [-0.2, 0) is 0 Å². The summed E-state index contributed by atoms with van der Waals surface area (Å²) in [7, 11) is 0. The summed E-state index contributed by atoms with van der Waals surface area (Å²) in [5.74, 6) is 2.29. The summed E-state index contributed by atoms with van der Waals surface area (Å²) in [6, 6.07) is 55.0. The van der Waals surface area contributed by atoms with Crippen molar-refractivity contribution in [1.29, 1.82) is 0 Å². The molecule has 0 spiro atoms. The predicted molar refractivity (Wildman–Crippen MR) is 334 cm³/mol. The molecule has 0 aliphatic carbocycles. The van der Waals surface area contributed by atoms with Crippen molar-refractivity contribution in [3.05, 3.63) is 208 Å². The first-order chi connectivity index (χ1) is 40.6. The molecule has 6 aromatic carbocycles. The lowest BCUT2D eigenvalue weighted by Crippen LogP contribution is -2.59. The summed E-state index contributed by atoms with van der Waals surface area (Å²) in [5.41, 5.74) is 11.2. The number of nitrogens with zero attached hydrogens (tertiary/aromatic N) is 10. The Labute approximate surface area is 490 Å². The van der Waals surface area contributed by atoms with Gasteiger partial charge in [-0.25, -0.2) is 0 Å². The molecule has 84 heavy (non-hydrogen) atoms. The molecule has 2 aliphatic rings. The monoisotopic (exact) mass is 1100 g/mol. The van der Waals surface area contributed by atoms with E-state index >= 15 is 0 Å². The number of hydrogen-bond acceptors (Lipinski definition) is 8. The van der Waals surface area contributed by atoms with Crippen molar-refractivity contribution in [2.24, 2.45) is 0 Å². The van der Waals surface area contributed by atoms with Crippen LogP contribution in [0.15, 0.2) is 195 Å². The lowest BCUT2D eigenvalue weighted by molar-refractivity contribution is -0.573. The highest BCUT2D eigenvalue weighted by molar-refractivity contribution is 5.93. The molecule has 0 bridgehead atoms. The van der Waals surface area contributed by atoms with Gasteiger partial charge in [0.05, 0.1) is 80.0 Å². The third-order valence-electron chi connectivity index (χ3n) is 17.5. The van der Waals surface area contributed by atoms with E-state index in [1.54, 1.807) is 24.8 Å². The van der Waals surface area contributed by atoms with E-state index in [-0.39, 0.29) is 22.2 Å². The summed E-state index contributed by atoms with van der Waals surface area (Å²) >= 11 is 0. The largest absolute Gasteiger partial charge is 0.456 e. The minimum atomic E-state index is -0.0593. The standard InChI is InChI=1S/C72H68N10O2/c1-69(2)29-17-30-70(3,4)81(69)67-37-51-21-11-9-19-49(51)35-65(67)79-47-77(61-23-13-15-25-63(61)79)53-39-57(45-73-43-53)83-55-27-33-75-59(41-55)60-42-56(28-34-76-60)84-58-40-54(44-74-46-58)78-48-80(64-26-16-14-24-62(64)78)66-36-50-20-10-12-22-52(50)38-68(66)82-71(5,6)31-18-32-72(82,7)8/h9-16,19-28,33-46H,17-18,29-32H2,1-8H3. The molecular weight excluding hydrogens is 1040 g/mol. The van der Waals surface area contributed by atoms with Crippen molar-refractivity contribution < 1.29 is 18.6 Å². The third-order valence-corrected chi connectivity index (χ3v) is 17.5. The van der Waals surface area contributed by atoms with E-state index in [4.69, 9.17) is 29.4 Å².